The lowest BCUT2D eigenvalue weighted by Crippen LogP contribution is -2.44. The molecule has 0 radical (unpaired) electrons. The summed E-state index contributed by atoms with van der Waals surface area (Å²) in [7, 11) is 5.93. The quantitative estimate of drug-likeness (QED) is 0.0195. The van der Waals surface area contributed by atoms with Crippen molar-refractivity contribution in [1.82, 2.24) is 0 Å². The lowest BCUT2D eigenvalue weighted by molar-refractivity contribution is -0.870. The number of unbranched alkanes of at least 4 members (excludes halogenated alkanes) is 39. The molecule has 0 fully saturated rings. The van der Waals surface area contributed by atoms with Gasteiger partial charge in [0.1, 0.15) is 13.2 Å². The smallest absolute Gasteiger partial charge is 0.306 e. The molecule has 2 atom stereocenters. The second kappa shape index (κ2) is 63.0. The fraction of sp³-hybridized carbons (Fsp3) is 0.819. The van der Waals surface area contributed by atoms with Gasteiger partial charge in [-0.3, -0.25) is 9.59 Å². The van der Waals surface area contributed by atoms with Crippen LogP contribution in [0.2, 0.25) is 0 Å². The second-order valence-electron chi connectivity index (χ2n) is 24.4. The Hall–Kier alpha value is -3.01. The molecule has 2 unspecified atom stereocenters. The summed E-state index contributed by atoms with van der Waals surface area (Å²) in [6.45, 7) is 4.67. The average molecular weight is 1140 g/mol. The van der Waals surface area contributed by atoms with E-state index in [9.17, 15) is 19.5 Å². The molecule has 81 heavy (non-hydrogen) atoms. The maximum Gasteiger partial charge on any atom is 0.306 e. The van der Waals surface area contributed by atoms with Gasteiger partial charge < -0.3 is 33.3 Å². The van der Waals surface area contributed by atoms with Crippen molar-refractivity contribution in [1.29, 1.82) is 0 Å². The van der Waals surface area contributed by atoms with Crippen molar-refractivity contribution in [2.45, 2.75) is 334 Å². The standard InChI is InChI=1S/C72H131NO8/c1-6-8-10-12-14-16-18-20-22-24-25-26-27-28-29-30-31-32-33-34-35-36-37-38-39-40-41-42-43-44-45-47-49-51-53-55-57-59-61-63-70(75)81-68(67-80-72(71(76)77)78-65-64-73(3,4)5)66-79-69(74)62-60-58-56-54-52-50-48-46-23-21-19-17-15-13-11-9-7-2/h8,10,14,16,20-23,25-26,68,72H,6-7,9,11-13,15,17-19,24,27-67H2,1-5H3/b10-8-,16-14-,22-20-,23-21-,26-25-. The molecular formula is C72H131NO8. The third-order valence-electron chi connectivity index (χ3n) is 15.2. The van der Waals surface area contributed by atoms with Gasteiger partial charge in [-0.15, -0.1) is 0 Å². The van der Waals surface area contributed by atoms with Crippen LogP contribution in [0.1, 0.15) is 322 Å². The molecule has 472 valence electrons. The average Bonchev–Trinajstić information content (AvgIpc) is 3.44. The topological polar surface area (TPSA) is 111 Å². The van der Waals surface area contributed by atoms with E-state index in [0.29, 0.717) is 17.4 Å². The van der Waals surface area contributed by atoms with Gasteiger partial charge >= 0.3 is 11.9 Å². The predicted molar refractivity (Wildman–Crippen MR) is 343 cm³/mol. The van der Waals surface area contributed by atoms with E-state index in [1.165, 1.54) is 231 Å². The number of esters is 2. The van der Waals surface area contributed by atoms with Gasteiger partial charge in [-0.1, -0.05) is 293 Å². The van der Waals surface area contributed by atoms with Crippen LogP contribution >= 0.6 is 0 Å². The Balaban J connectivity index is 3.96. The van der Waals surface area contributed by atoms with E-state index in [1.807, 2.05) is 21.1 Å². The van der Waals surface area contributed by atoms with Gasteiger partial charge in [0.25, 0.3) is 0 Å². The first kappa shape index (κ1) is 78.0. The number of ether oxygens (including phenoxy) is 4. The highest BCUT2D eigenvalue weighted by molar-refractivity contribution is 5.70. The minimum atomic E-state index is -1.62. The third-order valence-corrected chi connectivity index (χ3v) is 15.2. The van der Waals surface area contributed by atoms with Crippen LogP contribution in [-0.4, -0.2) is 82.3 Å². The van der Waals surface area contributed by atoms with Crippen molar-refractivity contribution in [3.05, 3.63) is 60.8 Å². The molecular weight excluding hydrogens is 1010 g/mol. The van der Waals surface area contributed by atoms with Gasteiger partial charge in [0.05, 0.1) is 40.3 Å². The molecule has 9 nitrogen and oxygen atoms in total. The summed E-state index contributed by atoms with van der Waals surface area (Å²) in [6.07, 6.45) is 78.9. The van der Waals surface area contributed by atoms with E-state index in [1.54, 1.807) is 0 Å². The van der Waals surface area contributed by atoms with Crippen LogP contribution in [-0.2, 0) is 33.3 Å². The number of hydrogen-bond acceptors (Lipinski definition) is 8. The molecule has 0 aromatic heterocycles. The highest BCUT2D eigenvalue weighted by Gasteiger charge is 2.22. The first-order chi connectivity index (χ1) is 39.6. The van der Waals surface area contributed by atoms with Crippen LogP contribution in [0.15, 0.2) is 60.8 Å². The van der Waals surface area contributed by atoms with E-state index in [2.05, 4.69) is 74.6 Å². The molecule has 0 bridgehead atoms. The fourth-order valence-corrected chi connectivity index (χ4v) is 10.00. The largest absolute Gasteiger partial charge is 0.545 e. The first-order valence-corrected chi connectivity index (χ1v) is 34.4. The molecule has 0 amide bonds. The van der Waals surface area contributed by atoms with Gasteiger partial charge in [0, 0.05) is 12.8 Å². The van der Waals surface area contributed by atoms with Crippen molar-refractivity contribution in [3.63, 3.8) is 0 Å². The summed E-state index contributed by atoms with van der Waals surface area (Å²) in [5.41, 5.74) is 0. The van der Waals surface area contributed by atoms with Crippen LogP contribution in [0, 0.1) is 0 Å². The molecule has 0 aliphatic rings. The summed E-state index contributed by atoms with van der Waals surface area (Å²) >= 11 is 0. The highest BCUT2D eigenvalue weighted by atomic mass is 16.7. The van der Waals surface area contributed by atoms with E-state index < -0.39 is 24.3 Å². The van der Waals surface area contributed by atoms with E-state index in [4.69, 9.17) is 18.9 Å². The lowest BCUT2D eigenvalue weighted by Gasteiger charge is -2.26. The number of quaternary nitrogens is 1. The van der Waals surface area contributed by atoms with Gasteiger partial charge in [-0.05, 0) is 77.0 Å². The van der Waals surface area contributed by atoms with Gasteiger partial charge in [0.15, 0.2) is 12.4 Å². The molecule has 0 heterocycles. The van der Waals surface area contributed by atoms with Crippen LogP contribution in [0.25, 0.3) is 0 Å². The Morgan fingerprint density at radius 1 is 0.383 bits per heavy atom. The SMILES string of the molecule is CC/C=C\C/C=C\C/C=C\C/C=C\CCCCCCCCCCCCCCCCCCCCCCCCCCCCC(=O)OC(COC(=O)CCCCCCCCC/C=C\CCCCCCCC)COC(OCC[N+](C)(C)C)C(=O)[O-]. The van der Waals surface area contributed by atoms with Crippen molar-refractivity contribution in [2.75, 3.05) is 47.5 Å². The molecule has 0 N–H and O–H groups in total. The van der Waals surface area contributed by atoms with Crippen molar-refractivity contribution in [2.24, 2.45) is 0 Å². The number of hydrogen-bond donors (Lipinski definition) is 0. The van der Waals surface area contributed by atoms with Crippen molar-refractivity contribution < 1.29 is 42.9 Å². The van der Waals surface area contributed by atoms with E-state index in [0.717, 1.165) is 57.8 Å². The van der Waals surface area contributed by atoms with Crippen LogP contribution < -0.4 is 5.11 Å². The van der Waals surface area contributed by atoms with Gasteiger partial charge in [-0.2, -0.15) is 0 Å². The fourth-order valence-electron chi connectivity index (χ4n) is 10.00. The first-order valence-electron chi connectivity index (χ1n) is 34.4. The Morgan fingerprint density at radius 3 is 1.06 bits per heavy atom. The van der Waals surface area contributed by atoms with Crippen molar-refractivity contribution in [3.8, 4) is 0 Å². The molecule has 0 spiro atoms. The third kappa shape index (κ3) is 64.4. The second-order valence-corrected chi connectivity index (χ2v) is 24.4. The highest BCUT2D eigenvalue weighted by Crippen LogP contribution is 2.18. The number of carbonyl (C=O) groups excluding carboxylic acids is 3. The summed E-state index contributed by atoms with van der Waals surface area (Å²) in [6, 6.07) is 0. The molecule has 0 aromatic rings. The maximum absolute atomic E-state index is 12.9. The number of rotatable bonds is 64. The zero-order valence-corrected chi connectivity index (χ0v) is 53.9. The maximum atomic E-state index is 12.9. The summed E-state index contributed by atoms with van der Waals surface area (Å²) in [5, 5.41) is 11.8. The number of carbonyl (C=O) groups is 3. The number of allylic oxidation sites excluding steroid dienone is 10. The Bertz CT molecular complexity index is 1510. The Kier molecular flexibility index (Phi) is 60.7. The number of carboxylic acids is 1. The zero-order chi connectivity index (χ0) is 59.1. The minimum absolute atomic E-state index is 0.149. The molecule has 9 heteroatoms. The van der Waals surface area contributed by atoms with Gasteiger partial charge in [-0.25, -0.2) is 0 Å². The lowest BCUT2D eigenvalue weighted by atomic mass is 10.0. The number of aliphatic carboxylic acids is 1. The molecule has 0 saturated heterocycles. The van der Waals surface area contributed by atoms with Crippen LogP contribution in [0.3, 0.4) is 0 Å². The van der Waals surface area contributed by atoms with E-state index >= 15 is 0 Å². The molecule has 0 saturated carbocycles. The number of nitrogens with zero attached hydrogens (tertiary/aromatic N) is 1. The molecule has 0 aromatic carbocycles. The van der Waals surface area contributed by atoms with Crippen molar-refractivity contribution >= 4 is 17.9 Å². The summed E-state index contributed by atoms with van der Waals surface area (Å²) < 4.78 is 22.8. The monoisotopic (exact) mass is 1140 g/mol. The molecule has 0 aliphatic heterocycles. The number of likely N-dealkylation sites (N-methyl/N-ethyl adjacent to an activating group) is 1. The Morgan fingerprint density at radius 2 is 0.704 bits per heavy atom. The van der Waals surface area contributed by atoms with Crippen LogP contribution in [0.5, 0.6) is 0 Å². The minimum Gasteiger partial charge on any atom is -0.545 e. The predicted octanol–water partition coefficient (Wildman–Crippen LogP) is 19.8. The van der Waals surface area contributed by atoms with Crippen LogP contribution in [0.4, 0.5) is 0 Å². The number of carboxylic acid groups (broad SMARTS) is 1. The summed E-state index contributed by atoms with van der Waals surface area (Å²) in [5.74, 6) is -2.27. The normalized spacial score (nSPS) is 13.0. The molecule has 0 rings (SSSR count). The zero-order valence-electron chi connectivity index (χ0n) is 53.9. The Labute approximate surface area is 501 Å². The van der Waals surface area contributed by atoms with Gasteiger partial charge in [0.2, 0.25) is 0 Å². The van der Waals surface area contributed by atoms with E-state index in [-0.39, 0.29) is 38.6 Å². The molecule has 0 aliphatic carbocycles. The summed E-state index contributed by atoms with van der Waals surface area (Å²) in [4.78, 5) is 37.4.